The first-order chi connectivity index (χ1) is 8.08. The second-order valence-corrected chi connectivity index (χ2v) is 4.97. The van der Waals surface area contributed by atoms with Crippen LogP contribution in [0.3, 0.4) is 0 Å². The molecule has 5 heteroatoms. The summed E-state index contributed by atoms with van der Waals surface area (Å²) in [6, 6.07) is 1.43. The van der Waals surface area contributed by atoms with Crippen molar-refractivity contribution in [1.82, 2.24) is 9.88 Å². The molecule has 4 nitrogen and oxygen atoms in total. The van der Waals surface area contributed by atoms with Gasteiger partial charge in [-0.3, -0.25) is 9.59 Å². The number of hydrogen-bond donors (Lipinski definition) is 1. The minimum atomic E-state index is -0.366. The molecule has 17 heavy (non-hydrogen) atoms. The quantitative estimate of drug-likeness (QED) is 0.832. The number of nitrogens with zero attached hydrogens (tertiary/aromatic N) is 1. The van der Waals surface area contributed by atoms with Gasteiger partial charge in [0.05, 0.1) is 5.56 Å². The minimum absolute atomic E-state index is 0.0564. The Labute approximate surface area is 105 Å². The largest absolute Gasteiger partial charge is 0.338 e. The first kappa shape index (κ1) is 12.2. The van der Waals surface area contributed by atoms with E-state index in [0.29, 0.717) is 11.5 Å². The molecule has 0 aromatic carbocycles. The Morgan fingerprint density at radius 3 is 3.00 bits per heavy atom. The Kier molecular flexibility index (Phi) is 3.52. The lowest BCUT2D eigenvalue weighted by Gasteiger charge is -2.30. The number of piperidine rings is 1. The van der Waals surface area contributed by atoms with Gasteiger partial charge in [0.1, 0.15) is 5.02 Å². The fourth-order valence-electron chi connectivity index (χ4n) is 2.14. The molecule has 1 atom stereocenters. The van der Waals surface area contributed by atoms with Crippen molar-refractivity contribution in [1.29, 1.82) is 0 Å². The number of carbonyl (C=O) groups excluding carboxylic acids is 1. The van der Waals surface area contributed by atoms with Crippen LogP contribution in [-0.2, 0) is 0 Å². The summed E-state index contributed by atoms with van der Waals surface area (Å²) < 4.78 is 0. The van der Waals surface area contributed by atoms with Crippen LogP contribution in [0.15, 0.2) is 17.1 Å². The third-order valence-corrected chi connectivity index (χ3v) is 3.33. The van der Waals surface area contributed by atoms with Crippen molar-refractivity contribution in [2.24, 2.45) is 5.92 Å². The van der Waals surface area contributed by atoms with E-state index in [1.54, 1.807) is 0 Å². The maximum atomic E-state index is 12.2. The molecular weight excluding hydrogens is 240 g/mol. The lowest BCUT2D eigenvalue weighted by atomic mass is 10.00. The Hall–Kier alpha value is -1.29. The summed E-state index contributed by atoms with van der Waals surface area (Å²) in [6.45, 7) is 3.69. The van der Waals surface area contributed by atoms with E-state index in [2.05, 4.69) is 11.9 Å². The predicted molar refractivity (Wildman–Crippen MR) is 66.4 cm³/mol. The molecule has 1 aromatic heterocycles. The molecule has 2 heterocycles. The van der Waals surface area contributed by atoms with Crippen molar-refractivity contribution in [2.75, 3.05) is 13.1 Å². The number of nitrogens with one attached hydrogen (secondary N) is 1. The summed E-state index contributed by atoms with van der Waals surface area (Å²) in [4.78, 5) is 27.5. The summed E-state index contributed by atoms with van der Waals surface area (Å²) >= 11 is 5.71. The molecule has 1 amide bonds. The van der Waals surface area contributed by atoms with Gasteiger partial charge in [0.15, 0.2) is 0 Å². The highest BCUT2D eigenvalue weighted by Crippen LogP contribution is 2.18. The van der Waals surface area contributed by atoms with Crippen LogP contribution in [0.1, 0.15) is 30.1 Å². The van der Waals surface area contributed by atoms with Gasteiger partial charge in [-0.25, -0.2) is 0 Å². The number of likely N-dealkylation sites (tertiary alicyclic amines) is 1. The van der Waals surface area contributed by atoms with Crippen LogP contribution in [-0.4, -0.2) is 28.9 Å². The normalized spacial score (nSPS) is 20.4. The highest BCUT2D eigenvalue weighted by Gasteiger charge is 2.22. The standard InChI is InChI=1S/C12H15ClN2O2/c1-8-3-2-4-15(7-8)12(17)9-5-10(13)11(16)14-6-9/h5-6,8H,2-4,7H2,1H3,(H,14,16). The van der Waals surface area contributed by atoms with Crippen LogP contribution >= 0.6 is 11.6 Å². The Morgan fingerprint density at radius 2 is 2.35 bits per heavy atom. The number of hydrogen-bond acceptors (Lipinski definition) is 2. The lowest BCUT2D eigenvalue weighted by Crippen LogP contribution is -2.39. The van der Waals surface area contributed by atoms with Crippen LogP contribution in [0.5, 0.6) is 0 Å². The number of halogens is 1. The summed E-state index contributed by atoms with van der Waals surface area (Å²) in [5.74, 6) is 0.473. The van der Waals surface area contributed by atoms with Crippen molar-refractivity contribution in [3.63, 3.8) is 0 Å². The molecule has 0 radical (unpaired) electrons. The van der Waals surface area contributed by atoms with E-state index in [-0.39, 0.29) is 16.5 Å². The first-order valence-electron chi connectivity index (χ1n) is 5.75. The second kappa shape index (κ2) is 4.92. The summed E-state index contributed by atoms with van der Waals surface area (Å²) in [5.41, 5.74) is 0.0823. The van der Waals surface area contributed by atoms with Gasteiger partial charge in [-0.2, -0.15) is 0 Å². The zero-order chi connectivity index (χ0) is 12.4. The molecule has 1 aromatic rings. The van der Waals surface area contributed by atoms with Crippen LogP contribution in [0, 0.1) is 5.92 Å². The van der Waals surface area contributed by atoms with E-state index >= 15 is 0 Å². The highest BCUT2D eigenvalue weighted by atomic mass is 35.5. The third kappa shape index (κ3) is 2.69. The van der Waals surface area contributed by atoms with Crippen molar-refractivity contribution in [3.8, 4) is 0 Å². The molecule has 92 valence electrons. The number of carbonyl (C=O) groups is 1. The first-order valence-corrected chi connectivity index (χ1v) is 6.13. The van der Waals surface area contributed by atoms with Gasteiger partial charge in [0.25, 0.3) is 11.5 Å². The van der Waals surface area contributed by atoms with E-state index in [9.17, 15) is 9.59 Å². The van der Waals surface area contributed by atoms with Gasteiger partial charge in [-0.15, -0.1) is 0 Å². The van der Waals surface area contributed by atoms with E-state index in [1.807, 2.05) is 4.90 Å². The number of aromatic amines is 1. The zero-order valence-electron chi connectivity index (χ0n) is 9.70. The maximum absolute atomic E-state index is 12.2. The summed E-state index contributed by atoms with van der Waals surface area (Å²) in [6.07, 6.45) is 3.62. The van der Waals surface area contributed by atoms with Gasteiger partial charge in [0, 0.05) is 19.3 Å². The average molecular weight is 255 g/mol. The van der Waals surface area contributed by atoms with Gasteiger partial charge < -0.3 is 9.88 Å². The number of rotatable bonds is 1. The van der Waals surface area contributed by atoms with Crippen LogP contribution in [0.4, 0.5) is 0 Å². The van der Waals surface area contributed by atoms with Crippen molar-refractivity contribution in [2.45, 2.75) is 19.8 Å². The number of aromatic nitrogens is 1. The van der Waals surface area contributed by atoms with Gasteiger partial charge in [-0.05, 0) is 24.8 Å². The van der Waals surface area contributed by atoms with E-state index in [4.69, 9.17) is 11.6 Å². The molecule has 2 rings (SSSR count). The van der Waals surface area contributed by atoms with E-state index in [0.717, 1.165) is 25.9 Å². The van der Waals surface area contributed by atoms with Gasteiger partial charge >= 0.3 is 0 Å². The Morgan fingerprint density at radius 1 is 1.59 bits per heavy atom. The van der Waals surface area contributed by atoms with Crippen molar-refractivity contribution in [3.05, 3.63) is 33.2 Å². The van der Waals surface area contributed by atoms with E-state index < -0.39 is 0 Å². The molecule has 0 spiro atoms. The lowest BCUT2D eigenvalue weighted by molar-refractivity contribution is 0.0682. The third-order valence-electron chi connectivity index (χ3n) is 3.05. The number of pyridine rings is 1. The molecule has 1 aliphatic heterocycles. The van der Waals surface area contributed by atoms with Crippen LogP contribution < -0.4 is 5.56 Å². The molecule has 1 N–H and O–H groups in total. The summed E-state index contributed by atoms with van der Waals surface area (Å²) in [7, 11) is 0. The smallest absolute Gasteiger partial charge is 0.266 e. The monoisotopic (exact) mass is 254 g/mol. The van der Waals surface area contributed by atoms with Crippen LogP contribution in [0.2, 0.25) is 5.02 Å². The molecule has 1 saturated heterocycles. The Balaban J connectivity index is 2.18. The SMILES string of the molecule is CC1CCCN(C(=O)c2c[nH]c(=O)c(Cl)c2)C1. The second-order valence-electron chi connectivity index (χ2n) is 4.56. The zero-order valence-corrected chi connectivity index (χ0v) is 10.5. The number of H-pyrrole nitrogens is 1. The maximum Gasteiger partial charge on any atom is 0.266 e. The van der Waals surface area contributed by atoms with Crippen molar-refractivity contribution >= 4 is 17.5 Å². The molecule has 1 aliphatic rings. The predicted octanol–water partition coefficient (Wildman–Crippen LogP) is 1.90. The number of amides is 1. The van der Waals surface area contributed by atoms with Crippen molar-refractivity contribution < 1.29 is 4.79 Å². The topological polar surface area (TPSA) is 53.2 Å². The van der Waals surface area contributed by atoms with Crippen LogP contribution in [0.25, 0.3) is 0 Å². The molecule has 0 saturated carbocycles. The van der Waals surface area contributed by atoms with E-state index in [1.165, 1.54) is 12.3 Å². The molecule has 1 fully saturated rings. The van der Waals surface area contributed by atoms with Gasteiger partial charge in [0.2, 0.25) is 0 Å². The summed E-state index contributed by atoms with van der Waals surface area (Å²) in [5, 5.41) is 0.0564. The molecule has 0 bridgehead atoms. The fourth-order valence-corrected chi connectivity index (χ4v) is 2.31. The highest BCUT2D eigenvalue weighted by molar-refractivity contribution is 6.30. The average Bonchev–Trinajstić information content (AvgIpc) is 2.32. The molecule has 1 unspecified atom stereocenters. The minimum Gasteiger partial charge on any atom is -0.338 e. The fraction of sp³-hybridized carbons (Fsp3) is 0.500. The Bertz CT molecular complexity index is 484. The van der Waals surface area contributed by atoms with Gasteiger partial charge in [-0.1, -0.05) is 18.5 Å². The molecular formula is C12H15ClN2O2. The molecule has 0 aliphatic carbocycles.